The zero-order valence-corrected chi connectivity index (χ0v) is 13.7. The van der Waals surface area contributed by atoms with Crippen molar-refractivity contribution in [3.05, 3.63) is 17.5 Å². The highest BCUT2D eigenvalue weighted by Gasteiger charge is 2.21. The third kappa shape index (κ3) is 4.08. The van der Waals surface area contributed by atoms with Crippen LogP contribution in [0.2, 0.25) is 0 Å². The Morgan fingerprint density at radius 1 is 1.25 bits per heavy atom. The molecule has 1 aliphatic rings. The summed E-state index contributed by atoms with van der Waals surface area (Å²) in [5.41, 5.74) is 3.03. The fourth-order valence-electron chi connectivity index (χ4n) is 3.08. The minimum absolute atomic E-state index is 0.163. The van der Waals surface area contributed by atoms with Crippen LogP contribution in [0.25, 0.3) is 0 Å². The van der Waals surface area contributed by atoms with Crippen molar-refractivity contribution in [2.45, 2.75) is 90.8 Å². The monoisotopic (exact) mass is 277 g/mol. The van der Waals surface area contributed by atoms with Gasteiger partial charge < -0.3 is 5.32 Å². The molecule has 1 aromatic heterocycles. The minimum Gasteiger partial charge on any atom is -0.308 e. The Hall–Kier alpha value is -0.830. The van der Waals surface area contributed by atoms with Crippen molar-refractivity contribution in [1.29, 1.82) is 0 Å². The Balaban J connectivity index is 2.13. The first-order chi connectivity index (χ1) is 9.51. The highest BCUT2D eigenvalue weighted by atomic mass is 15.3. The first-order valence-electron chi connectivity index (χ1n) is 8.31. The number of aromatic nitrogens is 2. The highest BCUT2D eigenvalue weighted by Crippen LogP contribution is 2.30. The third-order valence-electron chi connectivity index (χ3n) is 4.20. The molecule has 1 aromatic rings. The average Bonchev–Trinajstić information content (AvgIpc) is 2.80. The van der Waals surface area contributed by atoms with Crippen molar-refractivity contribution in [1.82, 2.24) is 15.1 Å². The van der Waals surface area contributed by atoms with E-state index in [1.54, 1.807) is 0 Å². The number of rotatable bonds is 5. The predicted octanol–water partition coefficient (Wildman–Crippen LogP) is 4.23. The molecule has 0 aromatic carbocycles. The van der Waals surface area contributed by atoms with Crippen LogP contribution in [0.4, 0.5) is 0 Å². The van der Waals surface area contributed by atoms with Gasteiger partial charge in [-0.2, -0.15) is 5.10 Å². The summed E-state index contributed by atoms with van der Waals surface area (Å²) in [6.45, 7) is 9.86. The van der Waals surface area contributed by atoms with Crippen molar-refractivity contribution in [3.8, 4) is 0 Å². The van der Waals surface area contributed by atoms with Gasteiger partial charge in [-0.3, -0.25) is 4.68 Å². The Morgan fingerprint density at radius 3 is 2.55 bits per heavy atom. The summed E-state index contributed by atoms with van der Waals surface area (Å²) in [5, 5.41) is 8.34. The largest absolute Gasteiger partial charge is 0.308 e. The lowest BCUT2D eigenvalue weighted by molar-refractivity contribution is 0.321. The number of nitrogens with zero attached hydrogens (tertiary/aromatic N) is 2. The average molecular weight is 277 g/mol. The molecule has 3 nitrogen and oxygen atoms in total. The topological polar surface area (TPSA) is 29.9 Å². The molecule has 0 spiro atoms. The van der Waals surface area contributed by atoms with Crippen molar-refractivity contribution < 1.29 is 0 Å². The normalized spacial score (nSPS) is 17.6. The molecule has 0 unspecified atom stereocenters. The van der Waals surface area contributed by atoms with Crippen molar-refractivity contribution in [3.63, 3.8) is 0 Å². The first kappa shape index (κ1) is 15.6. The van der Waals surface area contributed by atoms with Crippen molar-refractivity contribution in [2.75, 3.05) is 0 Å². The molecule has 0 amide bonds. The van der Waals surface area contributed by atoms with E-state index in [2.05, 4.69) is 43.9 Å². The zero-order valence-electron chi connectivity index (χ0n) is 13.7. The maximum atomic E-state index is 4.74. The third-order valence-corrected chi connectivity index (χ3v) is 4.20. The Bertz CT molecular complexity index is 408. The Labute approximate surface area is 124 Å². The fourth-order valence-corrected chi connectivity index (χ4v) is 3.08. The summed E-state index contributed by atoms with van der Waals surface area (Å²) < 4.78 is 2.35. The molecular weight excluding hydrogens is 246 g/mol. The van der Waals surface area contributed by atoms with Gasteiger partial charge in [-0.05, 0) is 40.0 Å². The van der Waals surface area contributed by atoms with Gasteiger partial charge in [0.1, 0.15) is 0 Å². The second-order valence-corrected chi connectivity index (χ2v) is 7.21. The van der Waals surface area contributed by atoms with Gasteiger partial charge in [0.2, 0.25) is 0 Å². The van der Waals surface area contributed by atoms with Crippen molar-refractivity contribution in [2.24, 2.45) is 0 Å². The lowest BCUT2D eigenvalue weighted by atomic mass is 9.95. The molecule has 0 atom stereocenters. The predicted molar refractivity (Wildman–Crippen MR) is 84.9 cm³/mol. The molecule has 1 fully saturated rings. The van der Waals surface area contributed by atoms with E-state index in [-0.39, 0.29) is 5.54 Å². The van der Waals surface area contributed by atoms with E-state index in [1.807, 2.05) is 0 Å². The van der Waals surface area contributed by atoms with Crippen LogP contribution in [0.3, 0.4) is 0 Å². The van der Waals surface area contributed by atoms with Gasteiger partial charge >= 0.3 is 0 Å². The van der Waals surface area contributed by atoms with E-state index in [9.17, 15) is 0 Å². The summed E-state index contributed by atoms with van der Waals surface area (Å²) in [5.74, 6) is 0. The molecule has 1 N–H and O–H groups in total. The lowest BCUT2D eigenvalue weighted by Crippen LogP contribution is -2.35. The summed E-state index contributed by atoms with van der Waals surface area (Å²) >= 11 is 0. The quantitative estimate of drug-likeness (QED) is 0.873. The Kier molecular flexibility index (Phi) is 5.25. The molecular formula is C17H31N3. The minimum atomic E-state index is 0.163. The van der Waals surface area contributed by atoms with Crippen LogP contribution in [-0.2, 0) is 13.0 Å². The van der Waals surface area contributed by atoms with Gasteiger partial charge in [0, 0.05) is 23.3 Å². The maximum absolute atomic E-state index is 4.74. The van der Waals surface area contributed by atoms with E-state index < -0.39 is 0 Å². The van der Waals surface area contributed by atoms with E-state index in [0.29, 0.717) is 6.04 Å². The van der Waals surface area contributed by atoms with E-state index >= 15 is 0 Å². The molecule has 0 saturated heterocycles. The molecule has 1 heterocycles. The molecule has 0 radical (unpaired) electrons. The SMILES string of the molecule is CCCc1c(CNC(C)(C)C)cnn1C1CCCCC1. The fraction of sp³-hybridized carbons (Fsp3) is 0.824. The van der Waals surface area contributed by atoms with Crippen LogP contribution in [0.1, 0.15) is 83.5 Å². The molecule has 114 valence electrons. The molecule has 0 bridgehead atoms. The van der Waals surface area contributed by atoms with E-state index in [0.717, 1.165) is 13.0 Å². The molecule has 20 heavy (non-hydrogen) atoms. The standard InChI is InChI=1S/C17H31N3/c1-5-9-16-14(12-18-17(2,3)4)13-19-20(16)15-10-7-6-8-11-15/h13,15,18H,5-12H2,1-4H3. The van der Waals surface area contributed by atoms with Crippen molar-refractivity contribution >= 4 is 0 Å². The number of hydrogen-bond donors (Lipinski definition) is 1. The molecule has 2 rings (SSSR count). The lowest BCUT2D eigenvalue weighted by Gasteiger charge is -2.25. The molecule has 1 saturated carbocycles. The van der Waals surface area contributed by atoms with Gasteiger partial charge in [0.25, 0.3) is 0 Å². The van der Waals surface area contributed by atoms with Gasteiger partial charge in [0.05, 0.1) is 12.2 Å². The second kappa shape index (κ2) is 6.75. The van der Waals surface area contributed by atoms with Crippen LogP contribution in [-0.4, -0.2) is 15.3 Å². The smallest absolute Gasteiger partial charge is 0.0537 e. The van der Waals surface area contributed by atoms with Crippen LogP contribution >= 0.6 is 0 Å². The van der Waals surface area contributed by atoms with Gasteiger partial charge in [-0.15, -0.1) is 0 Å². The summed E-state index contributed by atoms with van der Waals surface area (Å²) in [7, 11) is 0. The maximum Gasteiger partial charge on any atom is 0.0537 e. The summed E-state index contributed by atoms with van der Waals surface area (Å²) in [6.07, 6.45) is 11.2. The van der Waals surface area contributed by atoms with Crippen LogP contribution in [0, 0.1) is 0 Å². The summed E-state index contributed by atoms with van der Waals surface area (Å²) in [4.78, 5) is 0. The second-order valence-electron chi connectivity index (χ2n) is 7.21. The highest BCUT2D eigenvalue weighted by molar-refractivity contribution is 5.19. The van der Waals surface area contributed by atoms with Gasteiger partial charge in [0.15, 0.2) is 0 Å². The van der Waals surface area contributed by atoms with Gasteiger partial charge in [-0.25, -0.2) is 0 Å². The number of hydrogen-bond acceptors (Lipinski definition) is 2. The Morgan fingerprint density at radius 2 is 1.95 bits per heavy atom. The van der Waals surface area contributed by atoms with Crippen LogP contribution < -0.4 is 5.32 Å². The number of nitrogens with one attached hydrogen (secondary N) is 1. The van der Waals surface area contributed by atoms with E-state index in [1.165, 1.54) is 49.8 Å². The van der Waals surface area contributed by atoms with E-state index in [4.69, 9.17) is 5.10 Å². The van der Waals surface area contributed by atoms with Crippen LogP contribution in [0.5, 0.6) is 0 Å². The molecule has 1 aliphatic carbocycles. The van der Waals surface area contributed by atoms with Gasteiger partial charge in [-0.1, -0.05) is 32.6 Å². The van der Waals surface area contributed by atoms with Crippen LogP contribution in [0.15, 0.2) is 6.20 Å². The first-order valence-corrected chi connectivity index (χ1v) is 8.31. The summed E-state index contributed by atoms with van der Waals surface area (Å²) in [6, 6.07) is 0.647. The molecule has 0 aliphatic heterocycles. The zero-order chi connectivity index (χ0) is 14.6. The molecule has 3 heteroatoms.